The highest BCUT2D eigenvalue weighted by Crippen LogP contribution is 2.25. The minimum absolute atomic E-state index is 0.572. The zero-order valence-electron chi connectivity index (χ0n) is 11.5. The van der Waals surface area contributed by atoms with E-state index >= 15 is 0 Å². The average molecular weight is 275 g/mol. The molecule has 5 nitrogen and oxygen atoms in total. The number of nitrogens with two attached hydrogens (primary N) is 1. The topological polar surface area (TPSA) is 80.5 Å². The molecule has 0 amide bonds. The number of nitriles is 1. The van der Waals surface area contributed by atoms with Crippen molar-refractivity contribution in [1.82, 2.24) is 14.8 Å². The van der Waals surface area contributed by atoms with E-state index in [1.807, 2.05) is 31.2 Å². The highest BCUT2D eigenvalue weighted by Gasteiger charge is 2.10. The van der Waals surface area contributed by atoms with E-state index in [0.717, 1.165) is 16.9 Å². The molecule has 5 heteroatoms. The molecule has 102 valence electrons. The summed E-state index contributed by atoms with van der Waals surface area (Å²) in [5.74, 6) is 0.724. The van der Waals surface area contributed by atoms with Gasteiger partial charge in [0.25, 0.3) is 0 Å². The van der Waals surface area contributed by atoms with Gasteiger partial charge >= 0.3 is 0 Å². The van der Waals surface area contributed by atoms with Crippen LogP contribution in [-0.4, -0.2) is 14.8 Å². The van der Waals surface area contributed by atoms with E-state index in [1.165, 1.54) is 0 Å². The molecule has 3 aromatic rings. The fraction of sp³-hybridized carbons (Fsp3) is 0.0625. The van der Waals surface area contributed by atoms with Gasteiger partial charge in [-0.05, 0) is 36.8 Å². The third-order valence-electron chi connectivity index (χ3n) is 3.17. The monoisotopic (exact) mass is 275 g/mol. The molecule has 0 radical (unpaired) electrons. The Balaban J connectivity index is 2.03. The molecular formula is C16H13N5. The Morgan fingerprint density at radius 1 is 1.19 bits per heavy atom. The quantitative estimate of drug-likeness (QED) is 0.779. The molecule has 0 fully saturated rings. The van der Waals surface area contributed by atoms with Gasteiger partial charge in [-0.2, -0.15) is 10.4 Å². The van der Waals surface area contributed by atoms with Crippen LogP contribution in [0.15, 0.2) is 48.8 Å². The summed E-state index contributed by atoms with van der Waals surface area (Å²) < 4.78 is 1.66. The number of hydrogen-bond acceptors (Lipinski definition) is 4. The summed E-state index contributed by atoms with van der Waals surface area (Å²) in [6.45, 7) is 2.00. The maximum atomic E-state index is 8.83. The minimum atomic E-state index is 0.572. The predicted octanol–water partition coefficient (Wildman–Crippen LogP) is 2.70. The van der Waals surface area contributed by atoms with Crippen LogP contribution < -0.4 is 5.73 Å². The van der Waals surface area contributed by atoms with Gasteiger partial charge < -0.3 is 5.73 Å². The van der Waals surface area contributed by atoms with E-state index in [2.05, 4.69) is 16.2 Å². The van der Waals surface area contributed by atoms with E-state index < -0.39 is 0 Å². The Bertz CT molecular complexity index is 825. The first-order valence-corrected chi connectivity index (χ1v) is 6.46. The highest BCUT2D eigenvalue weighted by atomic mass is 15.3. The van der Waals surface area contributed by atoms with Gasteiger partial charge in [0.1, 0.15) is 5.69 Å². The second-order valence-electron chi connectivity index (χ2n) is 4.76. The lowest BCUT2D eigenvalue weighted by Crippen LogP contribution is -1.98. The van der Waals surface area contributed by atoms with Gasteiger partial charge in [0.15, 0.2) is 5.82 Å². The van der Waals surface area contributed by atoms with Crippen molar-refractivity contribution in [3.8, 4) is 23.1 Å². The van der Waals surface area contributed by atoms with Crippen LogP contribution in [0.3, 0.4) is 0 Å². The molecule has 2 N–H and O–H groups in total. The molecule has 0 bridgehead atoms. The van der Waals surface area contributed by atoms with E-state index in [0.29, 0.717) is 16.9 Å². The van der Waals surface area contributed by atoms with Gasteiger partial charge in [0.2, 0.25) is 0 Å². The second-order valence-corrected chi connectivity index (χ2v) is 4.76. The maximum Gasteiger partial charge on any atom is 0.153 e. The molecule has 21 heavy (non-hydrogen) atoms. The lowest BCUT2D eigenvalue weighted by molar-refractivity contribution is 0.848. The molecule has 0 aliphatic heterocycles. The maximum absolute atomic E-state index is 8.83. The largest absolute Gasteiger partial charge is 0.396 e. The third kappa shape index (κ3) is 2.47. The lowest BCUT2D eigenvalue weighted by Gasteiger charge is -2.01. The summed E-state index contributed by atoms with van der Waals surface area (Å²) in [7, 11) is 0. The zero-order valence-corrected chi connectivity index (χ0v) is 11.5. The van der Waals surface area contributed by atoms with Crippen LogP contribution in [-0.2, 0) is 0 Å². The fourth-order valence-corrected chi connectivity index (χ4v) is 2.08. The standard InChI is InChI=1S/C16H13N5/c1-11-6-7-19-15(8-11)21-10-14(18)16(20-21)13-4-2-12(9-17)3-5-13/h2-8,10H,18H2,1H3. The number of nitrogens with zero attached hydrogens (tertiary/aromatic N) is 4. The van der Waals surface area contributed by atoms with Crippen LogP contribution in [0.2, 0.25) is 0 Å². The number of rotatable bonds is 2. The van der Waals surface area contributed by atoms with Crippen LogP contribution in [0.4, 0.5) is 5.69 Å². The SMILES string of the molecule is Cc1ccnc(-n2cc(N)c(-c3ccc(C#N)cc3)n2)c1. The van der Waals surface area contributed by atoms with Crippen LogP contribution >= 0.6 is 0 Å². The molecule has 0 aliphatic rings. The van der Waals surface area contributed by atoms with Crippen LogP contribution in [0.1, 0.15) is 11.1 Å². The number of anilines is 1. The first kappa shape index (κ1) is 12.9. The Morgan fingerprint density at radius 3 is 2.62 bits per heavy atom. The molecule has 0 atom stereocenters. The third-order valence-corrected chi connectivity index (χ3v) is 3.17. The fourth-order valence-electron chi connectivity index (χ4n) is 2.08. The van der Waals surface area contributed by atoms with Gasteiger partial charge in [0.05, 0.1) is 23.5 Å². The molecular weight excluding hydrogens is 262 g/mol. The van der Waals surface area contributed by atoms with E-state index in [9.17, 15) is 0 Å². The van der Waals surface area contributed by atoms with Crippen molar-refractivity contribution < 1.29 is 0 Å². The van der Waals surface area contributed by atoms with Gasteiger partial charge in [-0.15, -0.1) is 0 Å². The van der Waals surface area contributed by atoms with Crippen molar-refractivity contribution >= 4 is 5.69 Å². The van der Waals surface area contributed by atoms with Gasteiger partial charge in [-0.3, -0.25) is 0 Å². The molecule has 2 aromatic heterocycles. The molecule has 0 aliphatic carbocycles. The summed E-state index contributed by atoms with van der Waals surface area (Å²) in [5, 5.41) is 13.3. The molecule has 0 unspecified atom stereocenters. The van der Waals surface area contributed by atoms with E-state index in [4.69, 9.17) is 11.0 Å². The van der Waals surface area contributed by atoms with Gasteiger partial charge in [0, 0.05) is 11.8 Å². The number of nitrogen functional groups attached to an aromatic ring is 1. The Labute approximate surface area is 122 Å². The number of aromatic nitrogens is 3. The lowest BCUT2D eigenvalue weighted by atomic mass is 10.1. The second kappa shape index (κ2) is 5.10. The first-order valence-electron chi connectivity index (χ1n) is 6.46. The Kier molecular flexibility index (Phi) is 3.13. The number of aryl methyl sites for hydroxylation is 1. The Morgan fingerprint density at radius 2 is 1.95 bits per heavy atom. The van der Waals surface area contributed by atoms with Crippen LogP contribution in [0.25, 0.3) is 17.1 Å². The van der Waals surface area contributed by atoms with Crippen molar-refractivity contribution in [3.63, 3.8) is 0 Å². The first-order chi connectivity index (χ1) is 10.2. The average Bonchev–Trinajstić information content (AvgIpc) is 2.89. The van der Waals surface area contributed by atoms with Crippen molar-refractivity contribution in [1.29, 1.82) is 5.26 Å². The van der Waals surface area contributed by atoms with Crippen molar-refractivity contribution in [2.24, 2.45) is 0 Å². The van der Waals surface area contributed by atoms with Crippen LogP contribution in [0, 0.1) is 18.3 Å². The predicted molar refractivity (Wildman–Crippen MR) is 80.7 cm³/mol. The van der Waals surface area contributed by atoms with Gasteiger partial charge in [-0.1, -0.05) is 12.1 Å². The van der Waals surface area contributed by atoms with E-state index in [-0.39, 0.29) is 0 Å². The minimum Gasteiger partial charge on any atom is -0.396 e. The van der Waals surface area contributed by atoms with Crippen molar-refractivity contribution in [2.45, 2.75) is 6.92 Å². The number of hydrogen-bond donors (Lipinski definition) is 1. The molecule has 2 heterocycles. The summed E-state index contributed by atoms with van der Waals surface area (Å²) in [6.07, 6.45) is 3.49. The van der Waals surface area contributed by atoms with Gasteiger partial charge in [-0.25, -0.2) is 9.67 Å². The smallest absolute Gasteiger partial charge is 0.153 e. The molecule has 0 spiro atoms. The van der Waals surface area contributed by atoms with Crippen molar-refractivity contribution in [2.75, 3.05) is 5.73 Å². The zero-order chi connectivity index (χ0) is 14.8. The van der Waals surface area contributed by atoms with Crippen molar-refractivity contribution in [3.05, 3.63) is 59.9 Å². The molecule has 0 saturated heterocycles. The Hall–Kier alpha value is -3.13. The van der Waals surface area contributed by atoms with E-state index in [1.54, 1.807) is 29.2 Å². The molecule has 1 aromatic carbocycles. The normalized spacial score (nSPS) is 10.3. The summed E-state index contributed by atoms with van der Waals surface area (Å²) in [5.41, 5.74) is 9.89. The highest BCUT2D eigenvalue weighted by molar-refractivity contribution is 5.72. The summed E-state index contributed by atoms with van der Waals surface area (Å²) in [6, 6.07) is 13.1. The number of pyridine rings is 1. The molecule has 3 rings (SSSR count). The number of benzene rings is 1. The summed E-state index contributed by atoms with van der Waals surface area (Å²) in [4.78, 5) is 4.29. The van der Waals surface area contributed by atoms with Crippen LogP contribution in [0.5, 0.6) is 0 Å². The molecule has 0 saturated carbocycles. The summed E-state index contributed by atoms with van der Waals surface area (Å²) >= 11 is 0.